The number of benzene rings is 1. The van der Waals surface area contributed by atoms with Crippen LogP contribution in [-0.4, -0.2) is 67.6 Å². The van der Waals surface area contributed by atoms with E-state index in [1.54, 1.807) is 25.3 Å². The van der Waals surface area contributed by atoms with Crippen LogP contribution in [0.15, 0.2) is 24.3 Å². The Balaban J connectivity index is 1.61. The van der Waals surface area contributed by atoms with E-state index in [9.17, 15) is 14.0 Å². The summed E-state index contributed by atoms with van der Waals surface area (Å²) in [5.74, 6) is 0.0509. The molecular formula is C20H28FN3O3. The summed E-state index contributed by atoms with van der Waals surface area (Å²) in [6.45, 7) is 3.58. The minimum Gasteiger partial charge on any atom is -0.384 e. The topological polar surface area (TPSA) is 61.9 Å². The van der Waals surface area contributed by atoms with E-state index in [0.29, 0.717) is 44.2 Å². The lowest BCUT2D eigenvalue weighted by atomic mass is 9.97. The summed E-state index contributed by atoms with van der Waals surface area (Å²) in [7, 11) is 1.70. The number of hydrogen-bond donors (Lipinski definition) is 1. The van der Waals surface area contributed by atoms with E-state index in [-0.39, 0.29) is 24.1 Å². The zero-order valence-corrected chi connectivity index (χ0v) is 15.8. The molecule has 1 atom stereocenters. The molecule has 0 aliphatic carbocycles. The molecule has 2 saturated heterocycles. The van der Waals surface area contributed by atoms with Gasteiger partial charge in [0.25, 0.3) is 0 Å². The Bertz CT molecular complexity index is 662. The first-order chi connectivity index (χ1) is 13.1. The quantitative estimate of drug-likeness (QED) is 0.814. The van der Waals surface area contributed by atoms with E-state index >= 15 is 0 Å². The molecular weight excluding hydrogens is 349 g/mol. The van der Waals surface area contributed by atoms with Gasteiger partial charge in [0.1, 0.15) is 5.82 Å². The number of halogens is 1. The Morgan fingerprint density at radius 2 is 2.00 bits per heavy atom. The van der Waals surface area contributed by atoms with E-state index in [1.807, 2.05) is 9.80 Å². The molecule has 6 nitrogen and oxygen atoms in total. The normalized spacial score (nSPS) is 21.9. The van der Waals surface area contributed by atoms with Crippen molar-refractivity contribution >= 4 is 11.8 Å². The molecule has 0 saturated carbocycles. The standard InChI is InChI=1S/C20H28FN3O3/c1-27-14-15-6-9-23(10-7-15)19(25)12-18-20(26)22-8-11-24(18)13-16-4-2-3-5-17(16)21/h2-5,15,18H,6-14H2,1H3,(H,22,26). The average Bonchev–Trinajstić information content (AvgIpc) is 2.67. The molecule has 3 rings (SSSR count). The molecule has 2 amide bonds. The molecule has 27 heavy (non-hydrogen) atoms. The predicted octanol–water partition coefficient (Wildman–Crippen LogP) is 1.40. The maximum atomic E-state index is 14.0. The molecule has 7 heteroatoms. The number of carbonyl (C=O) groups excluding carboxylic acids is 2. The maximum absolute atomic E-state index is 14.0. The molecule has 2 aliphatic heterocycles. The van der Waals surface area contributed by atoms with E-state index in [2.05, 4.69) is 5.32 Å². The SMILES string of the molecule is COCC1CCN(C(=O)CC2C(=O)NCCN2Cc2ccccc2F)CC1. The van der Waals surface area contributed by atoms with Crippen molar-refractivity contribution < 1.29 is 18.7 Å². The minimum absolute atomic E-state index is 0.00792. The van der Waals surface area contributed by atoms with Gasteiger partial charge in [0.15, 0.2) is 0 Å². The first-order valence-electron chi connectivity index (χ1n) is 9.60. The molecule has 0 bridgehead atoms. The van der Waals surface area contributed by atoms with E-state index < -0.39 is 6.04 Å². The Morgan fingerprint density at radius 3 is 2.70 bits per heavy atom. The molecule has 1 N–H and O–H groups in total. The van der Waals surface area contributed by atoms with Gasteiger partial charge in [0.2, 0.25) is 11.8 Å². The van der Waals surface area contributed by atoms with Crippen LogP contribution in [0.3, 0.4) is 0 Å². The van der Waals surface area contributed by atoms with Gasteiger partial charge in [-0.25, -0.2) is 4.39 Å². The second-order valence-electron chi connectivity index (χ2n) is 7.35. The second-order valence-corrected chi connectivity index (χ2v) is 7.35. The van der Waals surface area contributed by atoms with Crippen LogP contribution in [0, 0.1) is 11.7 Å². The second kappa shape index (κ2) is 9.28. The lowest BCUT2D eigenvalue weighted by molar-refractivity contribution is -0.140. The molecule has 1 aromatic rings. The van der Waals surface area contributed by atoms with Crippen LogP contribution in [0.25, 0.3) is 0 Å². The van der Waals surface area contributed by atoms with Crippen molar-refractivity contribution in [3.05, 3.63) is 35.6 Å². The highest BCUT2D eigenvalue weighted by Crippen LogP contribution is 2.21. The van der Waals surface area contributed by atoms with Crippen LogP contribution >= 0.6 is 0 Å². The van der Waals surface area contributed by atoms with Crippen molar-refractivity contribution in [1.82, 2.24) is 15.1 Å². The smallest absolute Gasteiger partial charge is 0.237 e. The Morgan fingerprint density at radius 1 is 1.26 bits per heavy atom. The summed E-state index contributed by atoms with van der Waals surface area (Å²) in [6, 6.07) is 6.02. The van der Waals surface area contributed by atoms with Crippen molar-refractivity contribution in [1.29, 1.82) is 0 Å². The number of likely N-dealkylation sites (tertiary alicyclic amines) is 1. The summed E-state index contributed by atoms with van der Waals surface area (Å²) in [5.41, 5.74) is 0.546. The van der Waals surface area contributed by atoms with Crippen LogP contribution in [0.2, 0.25) is 0 Å². The van der Waals surface area contributed by atoms with Gasteiger partial charge < -0.3 is 15.0 Å². The highest BCUT2D eigenvalue weighted by molar-refractivity contribution is 5.88. The Labute approximate surface area is 159 Å². The van der Waals surface area contributed by atoms with Crippen molar-refractivity contribution in [2.24, 2.45) is 5.92 Å². The third-order valence-corrected chi connectivity index (χ3v) is 5.51. The number of piperidine rings is 1. The fourth-order valence-corrected chi connectivity index (χ4v) is 3.90. The molecule has 2 heterocycles. The number of rotatable bonds is 6. The maximum Gasteiger partial charge on any atom is 0.237 e. The van der Waals surface area contributed by atoms with Crippen LogP contribution in [0.1, 0.15) is 24.8 Å². The van der Waals surface area contributed by atoms with Gasteiger partial charge in [0.05, 0.1) is 12.5 Å². The lowest BCUT2D eigenvalue weighted by Crippen LogP contribution is -2.56. The summed E-state index contributed by atoms with van der Waals surface area (Å²) < 4.78 is 19.2. The molecule has 148 valence electrons. The number of piperazine rings is 1. The van der Waals surface area contributed by atoms with Gasteiger partial charge in [-0.15, -0.1) is 0 Å². The predicted molar refractivity (Wildman–Crippen MR) is 99.4 cm³/mol. The van der Waals surface area contributed by atoms with E-state index in [1.165, 1.54) is 6.07 Å². The number of methoxy groups -OCH3 is 1. The zero-order valence-electron chi connectivity index (χ0n) is 15.8. The van der Waals surface area contributed by atoms with Gasteiger partial charge in [-0.2, -0.15) is 0 Å². The molecule has 2 fully saturated rings. The monoisotopic (exact) mass is 377 g/mol. The van der Waals surface area contributed by atoms with Crippen LogP contribution in [-0.2, 0) is 20.9 Å². The molecule has 2 aliphatic rings. The Kier molecular flexibility index (Phi) is 6.79. The lowest BCUT2D eigenvalue weighted by Gasteiger charge is -2.37. The molecule has 1 unspecified atom stereocenters. The molecule has 0 radical (unpaired) electrons. The number of nitrogens with one attached hydrogen (secondary N) is 1. The highest BCUT2D eigenvalue weighted by Gasteiger charge is 2.34. The third kappa shape index (κ3) is 5.05. The van der Waals surface area contributed by atoms with Gasteiger partial charge in [-0.05, 0) is 24.8 Å². The largest absolute Gasteiger partial charge is 0.384 e. The molecule has 1 aromatic carbocycles. The molecule has 0 aromatic heterocycles. The van der Waals surface area contributed by atoms with Crippen molar-refractivity contribution in [3.8, 4) is 0 Å². The number of nitrogens with zero attached hydrogens (tertiary/aromatic N) is 2. The van der Waals surface area contributed by atoms with Crippen LogP contribution in [0.4, 0.5) is 4.39 Å². The first kappa shape index (κ1) is 19.8. The summed E-state index contributed by atoms with van der Waals surface area (Å²) in [6.07, 6.45) is 1.99. The van der Waals surface area contributed by atoms with Crippen molar-refractivity contribution in [2.75, 3.05) is 39.9 Å². The summed E-state index contributed by atoms with van der Waals surface area (Å²) in [5, 5.41) is 2.83. The Hall–Kier alpha value is -1.99. The van der Waals surface area contributed by atoms with Crippen molar-refractivity contribution in [2.45, 2.75) is 31.8 Å². The first-order valence-corrected chi connectivity index (χ1v) is 9.60. The van der Waals surface area contributed by atoms with Gasteiger partial charge >= 0.3 is 0 Å². The number of hydrogen-bond acceptors (Lipinski definition) is 4. The zero-order chi connectivity index (χ0) is 19.2. The van der Waals surface area contributed by atoms with Gasteiger partial charge in [0, 0.05) is 52.0 Å². The molecule has 0 spiro atoms. The highest BCUT2D eigenvalue weighted by atomic mass is 19.1. The third-order valence-electron chi connectivity index (χ3n) is 5.51. The number of ether oxygens (including phenoxy) is 1. The van der Waals surface area contributed by atoms with Gasteiger partial charge in [-0.3, -0.25) is 14.5 Å². The summed E-state index contributed by atoms with van der Waals surface area (Å²) in [4.78, 5) is 28.9. The number of amides is 2. The van der Waals surface area contributed by atoms with E-state index in [0.717, 1.165) is 19.4 Å². The fraction of sp³-hybridized carbons (Fsp3) is 0.600. The van der Waals surface area contributed by atoms with E-state index in [4.69, 9.17) is 4.74 Å². The van der Waals surface area contributed by atoms with Crippen molar-refractivity contribution in [3.63, 3.8) is 0 Å². The van der Waals surface area contributed by atoms with Crippen LogP contribution < -0.4 is 5.32 Å². The average molecular weight is 377 g/mol. The van der Waals surface area contributed by atoms with Crippen LogP contribution in [0.5, 0.6) is 0 Å². The number of carbonyl (C=O) groups is 2. The van der Waals surface area contributed by atoms with Gasteiger partial charge in [-0.1, -0.05) is 18.2 Å². The fourth-order valence-electron chi connectivity index (χ4n) is 3.90. The minimum atomic E-state index is -0.553. The summed E-state index contributed by atoms with van der Waals surface area (Å²) >= 11 is 0.